The molecule has 0 aromatic rings. The van der Waals surface area contributed by atoms with Crippen LogP contribution in [-0.4, -0.2) is 29.7 Å². The Morgan fingerprint density at radius 1 is 0.800 bits per heavy atom. The predicted octanol–water partition coefficient (Wildman–Crippen LogP) is 4.26. The molecule has 1 saturated heterocycles. The molecule has 1 unspecified atom stereocenters. The van der Waals surface area contributed by atoms with Crippen molar-refractivity contribution in [3.8, 4) is 0 Å². The average molecular weight is 328 g/mol. The minimum Gasteiger partial charge on any atom is -0.265 e. The molecule has 20 heavy (non-hydrogen) atoms. The SMILES string of the molecule is FC(F)=C(F)C(F)(F)C(F)(F)C(F)(F)C1(F)OC1(F)F. The first kappa shape index (κ1) is 16.9. The van der Waals surface area contributed by atoms with E-state index in [2.05, 4.69) is 4.74 Å². The number of halogens is 12. The zero-order valence-corrected chi connectivity index (χ0v) is 8.44. The summed E-state index contributed by atoms with van der Waals surface area (Å²) in [6.45, 7) is 0. The van der Waals surface area contributed by atoms with E-state index in [0.717, 1.165) is 0 Å². The second kappa shape index (κ2) is 3.95. The smallest absolute Gasteiger partial charge is 0.265 e. The quantitative estimate of drug-likeness (QED) is 0.555. The van der Waals surface area contributed by atoms with Crippen molar-refractivity contribution in [2.45, 2.75) is 29.7 Å². The van der Waals surface area contributed by atoms with Gasteiger partial charge in [-0.05, 0) is 0 Å². The van der Waals surface area contributed by atoms with Crippen molar-refractivity contribution >= 4 is 0 Å². The molecule has 0 bridgehead atoms. The van der Waals surface area contributed by atoms with Crippen molar-refractivity contribution in [2.24, 2.45) is 0 Å². The summed E-state index contributed by atoms with van der Waals surface area (Å²) in [7, 11) is 0. The molecule has 1 atom stereocenters. The van der Waals surface area contributed by atoms with E-state index in [1.165, 1.54) is 0 Å². The van der Waals surface area contributed by atoms with E-state index in [0.29, 0.717) is 0 Å². The molecular formula is C7F12O. The Labute approximate surface area is 100 Å². The van der Waals surface area contributed by atoms with Crippen molar-refractivity contribution in [1.82, 2.24) is 0 Å². The van der Waals surface area contributed by atoms with Crippen molar-refractivity contribution in [1.29, 1.82) is 0 Å². The Bertz CT molecular complexity index is 449. The van der Waals surface area contributed by atoms with Gasteiger partial charge in [0.25, 0.3) is 0 Å². The van der Waals surface area contributed by atoms with Gasteiger partial charge in [-0.15, -0.1) is 0 Å². The van der Waals surface area contributed by atoms with E-state index in [-0.39, 0.29) is 0 Å². The predicted molar refractivity (Wildman–Crippen MR) is 35.1 cm³/mol. The summed E-state index contributed by atoms with van der Waals surface area (Å²) < 4.78 is 150. The first-order chi connectivity index (χ1) is 8.56. The van der Waals surface area contributed by atoms with Crippen LogP contribution in [0.3, 0.4) is 0 Å². The van der Waals surface area contributed by atoms with Crippen LogP contribution in [0.2, 0.25) is 0 Å². The van der Waals surface area contributed by atoms with Crippen LogP contribution < -0.4 is 0 Å². The average Bonchev–Trinajstić information content (AvgIpc) is 2.78. The summed E-state index contributed by atoms with van der Waals surface area (Å²) in [5.74, 6) is -31.4. The Morgan fingerprint density at radius 3 is 1.40 bits per heavy atom. The molecular weight excluding hydrogens is 328 g/mol. The van der Waals surface area contributed by atoms with Crippen LogP contribution in [0.25, 0.3) is 0 Å². The molecule has 1 heterocycles. The summed E-state index contributed by atoms with van der Waals surface area (Å²) in [5.41, 5.74) is 0. The zero-order chi connectivity index (χ0) is 16.4. The van der Waals surface area contributed by atoms with Crippen LogP contribution in [-0.2, 0) is 4.74 Å². The van der Waals surface area contributed by atoms with Crippen LogP contribution in [0.5, 0.6) is 0 Å². The third-order valence-corrected chi connectivity index (χ3v) is 2.24. The molecule has 0 saturated carbocycles. The number of epoxide rings is 1. The van der Waals surface area contributed by atoms with Gasteiger partial charge in [-0.3, -0.25) is 4.74 Å². The van der Waals surface area contributed by atoms with Gasteiger partial charge in [0.2, 0.25) is 5.83 Å². The van der Waals surface area contributed by atoms with E-state index in [1.54, 1.807) is 0 Å². The number of hydrogen-bond donors (Lipinski definition) is 0. The molecule has 0 aromatic heterocycles. The third-order valence-electron chi connectivity index (χ3n) is 2.24. The molecule has 1 nitrogen and oxygen atoms in total. The fourth-order valence-electron chi connectivity index (χ4n) is 1.05. The van der Waals surface area contributed by atoms with Gasteiger partial charge in [0, 0.05) is 0 Å². The normalized spacial score (nSPS) is 26.4. The first-order valence-electron chi connectivity index (χ1n) is 4.18. The van der Waals surface area contributed by atoms with Crippen LogP contribution >= 0.6 is 0 Å². The molecule has 0 spiro atoms. The Kier molecular flexibility index (Phi) is 3.34. The van der Waals surface area contributed by atoms with Gasteiger partial charge in [0.05, 0.1) is 0 Å². The lowest BCUT2D eigenvalue weighted by Gasteiger charge is -2.31. The van der Waals surface area contributed by atoms with Gasteiger partial charge >= 0.3 is 35.8 Å². The van der Waals surface area contributed by atoms with Crippen molar-refractivity contribution < 1.29 is 57.4 Å². The lowest BCUT2D eigenvalue weighted by atomic mass is 9.99. The van der Waals surface area contributed by atoms with Gasteiger partial charge in [0.15, 0.2) is 0 Å². The Balaban J connectivity index is 3.34. The third kappa shape index (κ3) is 1.78. The van der Waals surface area contributed by atoms with Gasteiger partial charge in [0.1, 0.15) is 0 Å². The van der Waals surface area contributed by atoms with E-state index >= 15 is 0 Å². The van der Waals surface area contributed by atoms with Crippen LogP contribution in [0.15, 0.2) is 11.9 Å². The Morgan fingerprint density at radius 2 is 1.15 bits per heavy atom. The van der Waals surface area contributed by atoms with E-state index in [4.69, 9.17) is 0 Å². The maximum atomic E-state index is 12.7. The minimum atomic E-state index is -7.26. The molecule has 0 aromatic carbocycles. The second-order valence-electron chi connectivity index (χ2n) is 3.51. The molecule has 0 amide bonds. The molecule has 0 N–H and O–H groups in total. The van der Waals surface area contributed by atoms with Crippen LogP contribution in [0, 0.1) is 0 Å². The molecule has 13 heteroatoms. The van der Waals surface area contributed by atoms with E-state index in [1.807, 2.05) is 0 Å². The molecule has 1 rings (SSSR count). The molecule has 0 aliphatic carbocycles. The summed E-state index contributed by atoms with van der Waals surface area (Å²) in [5, 5.41) is 0. The van der Waals surface area contributed by atoms with E-state index < -0.39 is 41.6 Å². The van der Waals surface area contributed by atoms with Gasteiger partial charge in [-0.1, -0.05) is 0 Å². The highest BCUT2D eigenvalue weighted by Crippen LogP contribution is 2.66. The summed E-state index contributed by atoms with van der Waals surface area (Å²) in [6, 6.07) is 0. The molecule has 1 aliphatic rings. The van der Waals surface area contributed by atoms with Gasteiger partial charge in [-0.25, -0.2) is 0 Å². The lowest BCUT2D eigenvalue weighted by molar-refractivity contribution is -0.337. The fraction of sp³-hybridized carbons (Fsp3) is 0.714. The number of alkyl halides is 9. The number of allylic oxidation sites excluding steroid dienone is 1. The maximum Gasteiger partial charge on any atom is 0.424 e. The summed E-state index contributed by atoms with van der Waals surface area (Å²) in [4.78, 5) is 0. The van der Waals surface area contributed by atoms with Crippen molar-refractivity contribution in [3.63, 3.8) is 0 Å². The zero-order valence-electron chi connectivity index (χ0n) is 8.44. The lowest BCUT2D eigenvalue weighted by Crippen LogP contribution is -2.61. The summed E-state index contributed by atoms with van der Waals surface area (Å²) >= 11 is 0. The first-order valence-corrected chi connectivity index (χ1v) is 4.18. The fourth-order valence-corrected chi connectivity index (χ4v) is 1.05. The van der Waals surface area contributed by atoms with Gasteiger partial charge in [-0.2, -0.15) is 52.7 Å². The topological polar surface area (TPSA) is 12.5 Å². The molecule has 0 radical (unpaired) electrons. The molecule has 1 fully saturated rings. The number of hydrogen-bond acceptors (Lipinski definition) is 1. The second-order valence-corrected chi connectivity index (χ2v) is 3.51. The van der Waals surface area contributed by atoms with Gasteiger partial charge < -0.3 is 0 Å². The van der Waals surface area contributed by atoms with E-state index in [9.17, 15) is 52.7 Å². The standard InChI is InChI=1S/C7F12O/c8-1(2(9)10)3(11,12)4(13,14)5(15,16)6(17)7(18,19)20-6. The molecule has 118 valence electrons. The highest BCUT2D eigenvalue weighted by molar-refractivity contribution is 5.20. The van der Waals surface area contributed by atoms with Crippen LogP contribution in [0.4, 0.5) is 52.7 Å². The monoisotopic (exact) mass is 328 g/mol. The van der Waals surface area contributed by atoms with Crippen molar-refractivity contribution in [3.05, 3.63) is 11.9 Å². The Hall–Kier alpha value is -1.14. The van der Waals surface area contributed by atoms with Crippen molar-refractivity contribution in [2.75, 3.05) is 0 Å². The number of rotatable bonds is 4. The highest BCUT2D eigenvalue weighted by Gasteiger charge is 2.97. The van der Waals surface area contributed by atoms with Crippen LogP contribution in [0.1, 0.15) is 0 Å². The number of ether oxygens (including phenoxy) is 1. The highest BCUT2D eigenvalue weighted by atomic mass is 19.4. The minimum absolute atomic E-state index is 2.29. The largest absolute Gasteiger partial charge is 0.424 e. The summed E-state index contributed by atoms with van der Waals surface area (Å²) in [6.07, 6.45) is -9.67. The molecule has 1 aliphatic heterocycles. The maximum absolute atomic E-state index is 12.7.